The third-order valence-corrected chi connectivity index (χ3v) is 7.17. The minimum atomic E-state index is -1.17. The molecule has 2 N–H and O–H groups in total. The molecule has 0 spiro atoms. The highest BCUT2D eigenvalue weighted by Gasteiger charge is 2.60. The normalized spacial score (nSPS) is 21.6. The second-order valence-electron chi connectivity index (χ2n) is 9.04. The molecule has 3 aliphatic rings. The van der Waals surface area contributed by atoms with E-state index in [2.05, 4.69) is 10.3 Å². The van der Waals surface area contributed by atoms with Gasteiger partial charge < -0.3 is 24.7 Å². The summed E-state index contributed by atoms with van der Waals surface area (Å²) in [5.74, 6) is 0.497. The van der Waals surface area contributed by atoms with Crippen LogP contribution in [0.1, 0.15) is 30.7 Å². The number of amides is 4. The summed E-state index contributed by atoms with van der Waals surface area (Å²) in [4.78, 5) is 46.1. The van der Waals surface area contributed by atoms with E-state index >= 15 is 0 Å². The van der Waals surface area contributed by atoms with Crippen molar-refractivity contribution in [2.45, 2.75) is 38.4 Å². The number of aromatic nitrogens is 1. The third kappa shape index (κ3) is 2.76. The predicted molar refractivity (Wildman–Crippen MR) is 122 cm³/mol. The summed E-state index contributed by atoms with van der Waals surface area (Å²) in [6.07, 6.45) is 0.645. The van der Waals surface area contributed by atoms with Gasteiger partial charge in [-0.1, -0.05) is 24.3 Å². The average Bonchev–Trinajstić information content (AvgIpc) is 3.51. The zero-order valence-corrected chi connectivity index (χ0v) is 18.9. The minimum absolute atomic E-state index is 0.175. The van der Waals surface area contributed by atoms with Crippen molar-refractivity contribution in [3.63, 3.8) is 0 Å². The molecule has 1 fully saturated rings. The van der Waals surface area contributed by atoms with Gasteiger partial charge in [0.1, 0.15) is 6.04 Å². The van der Waals surface area contributed by atoms with Crippen LogP contribution < -0.4 is 14.8 Å². The van der Waals surface area contributed by atoms with Crippen LogP contribution in [-0.4, -0.2) is 52.0 Å². The van der Waals surface area contributed by atoms with Crippen molar-refractivity contribution in [3.05, 3.63) is 59.3 Å². The van der Waals surface area contributed by atoms with E-state index in [0.29, 0.717) is 24.5 Å². The summed E-state index contributed by atoms with van der Waals surface area (Å²) in [5.41, 5.74) is 2.38. The molecule has 0 unspecified atom stereocenters. The molecule has 4 amide bonds. The van der Waals surface area contributed by atoms with Crippen LogP contribution in [0.25, 0.3) is 10.9 Å². The molecule has 4 heterocycles. The van der Waals surface area contributed by atoms with Gasteiger partial charge in [-0.15, -0.1) is 0 Å². The molecule has 1 aromatic heterocycles. The van der Waals surface area contributed by atoms with Gasteiger partial charge in [0.15, 0.2) is 17.0 Å². The fraction of sp³-hybridized carbons (Fsp3) is 0.320. The monoisotopic (exact) mass is 460 g/mol. The fourth-order valence-corrected chi connectivity index (χ4v) is 5.26. The maximum atomic E-state index is 13.7. The Morgan fingerprint density at radius 3 is 2.82 bits per heavy atom. The molecule has 2 aromatic carbocycles. The Balaban J connectivity index is 1.24. The first-order chi connectivity index (χ1) is 16.4. The van der Waals surface area contributed by atoms with E-state index in [0.717, 1.165) is 32.6 Å². The summed E-state index contributed by atoms with van der Waals surface area (Å²) in [7, 11) is 0. The van der Waals surface area contributed by atoms with Crippen LogP contribution in [0, 0.1) is 0 Å². The molecule has 0 radical (unpaired) electrons. The number of rotatable bonds is 4. The number of fused-ring (bicyclic) bond motifs is 6. The zero-order valence-electron chi connectivity index (χ0n) is 18.9. The topological polar surface area (TPSA) is 104 Å². The van der Waals surface area contributed by atoms with E-state index in [1.165, 1.54) is 0 Å². The van der Waals surface area contributed by atoms with Crippen molar-refractivity contribution in [1.29, 1.82) is 0 Å². The smallest absolute Gasteiger partial charge is 0.328 e. The molecule has 3 aliphatic heterocycles. The van der Waals surface area contributed by atoms with Gasteiger partial charge in [-0.05, 0) is 49.6 Å². The summed E-state index contributed by atoms with van der Waals surface area (Å²) in [6, 6.07) is 11.9. The van der Waals surface area contributed by atoms with Crippen LogP contribution in [0.5, 0.6) is 11.5 Å². The summed E-state index contributed by atoms with van der Waals surface area (Å²) in [5, 5.41) is 3.90. The quantitative estimate of drug-likeness (QED) is 0.583. The Bertz CT molecular complexity index is 1360. The van der Waals surface area contributed by atoms with Crippen LogP contribution in [0.15, 0.2) is 42.5 Å². The number of hydrogen-bond donors (Lipinski definition) is 2. The van der Waals surface area contributed by atoms with E-state index in [-0.39, 0.29) is 13.3 Å². The third-order valence-electron chi connectivity index (χ3n) is 7.17. The minimum Gasteiger partial charge on any atom is -0.454 e. The molecule has 34 heavy (non-hydrogen) atoms. The average molecular weight is 460 g/mol. The van der Waals surface area contributed by atoms with E-state index < -0.39 is 29.4 Å². The molecule has 6 rings (SSSR count). The Morgan fingerprint density at radius 1 is 1.18 bits per heavy atom. The Labute approximate surface area is 195 Å². The van der Waals surface area contributed by atoms with Crippen LogP contribution in [-0.2, 0) is 28.1 Å². The first-order valence-electron chi connectivity index (χ1n) is 11.3. The number of nitrogens with zero attached hydrogens (tertiary/aromatic N) is 2. The van der Waals surface area contributed by atoms with Crippen molar-refractivity contribution in [3.8, 4) is 11.5 Å². The number of carbonyl (C=O) groups is 3. The first-order valence-corrected chi connectivity index (χ1v) is 11.3. The first kappa shape index (κ1) is 20.6. The standard InChI is InChI=1S/C25H24N4O5/c1-14(22(30)26-12-15-7-8-19-20(11-15)34-13-33-19)29-23(31)25(2)21-17(9-10-28(25)24(29)32)16-5-3-4-6-18(16)27-21/h3-8,11,14,27H,9-10,12-13H2,1-2H3,(H,26,30)/t14-,25-/m0/s1. The maximum absolute atomic E-state index is 13.7. The summed E-state index contributed by atoms with van der Waals surface area (Å²) in [6.45, 7) is 4.17. The summed E-state index contributed by atoms with van der Waals surface area (Å²) >= 11 is 0. The summed E-state index contributed by atoms with van der Waals surface area (Å²) < 4.78 is 10.7. The number of hydrogen-bond acceptors (Lipinski definition) is 5. The molecule has 0 bridgehead atoms. The SMILES string of the molecule is C[C@@H](C(=O)NCc1ccc2c(c1)OCO2)N1C(=O)N2CCc3c([nH]c4ccccc34)[C@@]2(C)C1=O. The van der Waals surface area contributed by atoms with Gasteiger partial charge >= 0.3 is 6.03 Å². The van der Waals surface area contributed by atoms with Gasteiger partial charge in [-0.25, -0.2) is 9.69 Å². The van der Waals surface area contributed by atoms with Crippen molar-refractivity contribution in [1.82, 2.24) is 20.1 Å². The van der Waals surface area contributed by atoms with Crippen molar-refractivity contribution < 1.29 is 23.9 Å². The largest absolute Gasteiger partial charge is 0.454 e. The van der Waals surface area contributed by atoms with Crippen LogP contribution >= 0.6 is 0 Å². The number of benzene rings is 2. The molecular weight excluding hydrogens is 436 g/mol. The van der Waals surface area contributed by atoms with Gasteiger partial charge in [-0.2, -0.15) is 0 Å². The highest BCUT2D eigenvalue weighted by atomic mass is 16.7. The van der Waals surface area contributed by atoms with E-state index in [1.54, 1.807) is 30.9 Å². The number of carbonyl (C=O) groups excluding carboxylic acids is 3. The lowest BCUT2D eigenvalue weighted by Gasteiger charge is -2.36. The molecule has 3 aromatic rings. The predicted octanol–water partition coefficient (Wildman–Crippen LogP) is 2.64. The lowest BCUT2D eigenvalue weighted by molar-refractivity contribution is -0.139. The fourth-order valence-electron chi connectivity index (χ4n) is 5.26. The van der Waals surface area contributed by atoms with Crippen molar-refractivity contribution in [2.75, 3.05) is 13.3 Å². The Hall–Kier alpha value is -4.01. The number of imide groups is 1. The maximum Gasteiger partial charge on any atom is 0.328 e. The Kier molecular flexibility index (Phi) is 4.39. The number of aromatic amines is 1. The zero-order chi connectivity index (χ0) is 23.6. The molecular formula is C25H24N4O5. The molecule has 2 atom stereocenters. The number of para-hydroxylation sites is 1. The van der Waals surface area contributed by atoms with Gasteiger partial charge in [0.05, 0.1) is 5.69 Å². The van der Waals surface area contributed by atoms with E-state index in [9.17, 15) is 14.4 Å². The molecule has 174 valence electrons. The second-order valence-corrected chi connectivity index (χ2v) is 9.04. The number of nitrogens with one attached hydrogen (secondary N) is 2. The van der Waals surface area contributed by atoms with Crippen LogP contribution in [0.2, 0.25) is 0 Å². The second kappa shape index (κ2) is 7.24. The molecule has 9 heteroatoms. The van der Waals surface area contributed by atoms with Crippen LogP contribution in [0.4, 0.5) is 4.79 Å². The lowest BCUT2D eigenvalue weighted by atomic mass is 9.87. The molecule has 1 saturated heterocycles. The highest BCUT2D eigenvalue weighted by Crippen LogP contribution is 2.44. The number of urea groups is 1. The van der Waals surface area contributed by atoms with Gasteiger partial charge in [0, 0.05) is 24.0 Å². The highest BCUT2D eigenvalue weighted by molar-refractivity contribution is 6.10. The van der Waals surface area contributed by atoms with Gasteiger partial charge in [0.25, 0.3) is 5.91 Å². The van der Waals surface area contributed by atoms with E-state index in [1.807, 2.05) is 30.3 Å². The van der Waals surface area contributed by atoms with Gasteiger partial charge in [-0.3, -0.25) is 9.59 Å². The molecule has 0 aliphatic carbocycles. The number of ether oxygens (including phenoxy) is 2. The Morgan fingerprint density at radius 2 is 1.97 bits per heavy atom. The van der Waals surface area contributed by atoms with Crippen molar-refractivity contribution in [2.24, 2.45) is 0 Å². The van der Waals surface area contributed by atoms with Gasteiger partial charge in [0.2, 0.25) is 12.7 Å². The van der Waals surface area contributed by atoms with E-state index in [4.69, 9.17) is 9.47 Å². The lowest BCUT2D eigenvalue weighted by Crippen LogP contribution is -2.49. The van der Waals surface area contributed by atoms with Crippen LogP contribution in [0.3, 0.4) is 0 Å². The molecule has 0 saturated carbocycles. The molecule has 9 nitrogen and oxygen atoms in total. The van der Waals surface area contributed by atoms with Crippen molar-refractivity contribution >= 4 is 28.7 Å². The number of H-pyrrole nitrogens is 1.